The van der Waals surface area contributed by atoms with E-state index in [1.165, 1.54) is 5.56 Å². The number of furan rings is 1. The molecule has 1 aliphatic rings. The van der Waals surface area contributed by atoms with Gasteiger partial charge in [0.05, 0.1) is 6.26 Å². The van der Waals surface area contributed by atoms with E-state index in [4.69, 9.17) is 16.0 Å². The fourth-order valence-corrected chi connectivity index (χ4v) is 3.86. The van der Waals surface area contributed by atoms with Gasteiger partial charge >= 0.3 is 0 Å². The number of anilines is 1. The fourth-order valence-electron chi connectivity index (χ4n) is 3.73. The van der Waals surface area contributed by atoms with Gasteiger partial charge in [-0.3, -0.25) is 4.79 Å². The first-order chi connectivity index (χ1) is 12.6. The van der Waals surface area contributed by atoms with E-state index < -0.39 is 0 Å². The van der Waals surface area contributed by atoms with E-state index in [2.05, 4.69) is 29.2 Å². The summed E-state index contributed by atoms with van der Waals surface area (Å²) >= 11 is 6.03. The minimum absolute atomic E-state index is 0.0663. The molecule has 0 unspecified atom stereocenters. The summed E-state index contributed by atoms with van der Waals surface area (Å²) < 4.78 is 5.36. The maximum absolute atomic E-state index is 12.9. The van der Waals surface area contributed by atoms with Crippen LogP contribution in [0.3, 0.4) is 0 Å². The Labute approximate surface area is 158 Å². The summed E-state index contributed by atoms with van der Waals surface area (Å²) in [6.45, 7) is 0. The standard InChI is InChI=1S/C22H20ClNO2/c1-24(2)17-11-7-15(8-12-17)20-19(14-5-9-16(23)10-6-14)21(20)22(25)18-4-3-13-26-18/h3-13,19-21H,1-2H3/t19-,20-,21+/m0/s1. The highest BCUT2D eigenvalue weighted by atomic mass is 35.5. The zero-order valence-electron chi connectivity index (χ0n) is 14.7. The van der Waals surface area contributed by atoms with Gasteiger partial charge in [0.15, 0.2) is 5.76 Å². The lowest BCUT2D eigenvalue weighted by atomic mass is 10.0. The van der Waals surface area contributed by atoms with Gasteiger partial charge in [-0.2, -0.15) is 0 Å². The molecule has 3 atom stereocenters. The third-order valence-corrected chi connectivity index (χ3v) is 5.39. The molecule has 26 heavy (non-hydrogen) atoms. The molecule has 0 saturated heterocycles. The van der Waals surface area contributed by atoms with Crippen molar-refractivity contribution in [2.24, 2.45) is 5.92 Å². The summed E-state index contributed by atoms with van der Waals surface area (Å²) in [5.74, 6) is 0.700. The largest absolute Gasteiger partial charge is 0.461 e. The molecule has 2 aromatic carbocycles. The molecule has 132 valence electrons. The van der Waals surface area contributed by atoms with Crippen LogP contribution >= 0.6 is 11.6 Å². The van der Waals surface area contributed by atoms with Gasteiger partial charge in [0.2, 0.25) is 5.78 Å². The van der Waals surface area contributed by atoms with E-state index in [0.29, 0.717) is 10.8 Å². The molecule has 4 heteroatoms. The van der Waals surface area contributed by atoms with Crippen LogP contribution in [0.4, 0.5) is 5.69 Å². The summed E-state index contributed by atoms with van der Waals surface area (Å²) in [5, 5.41) is 0.704. The molecule has 3 nitrogen and oxygen atoms in total. The van der Waals surface area contributed by atoms with E-state index in [-0.39, 0.29) is 23.5 Å². The van der Waals surface area contributed by atoms with Gasteiger partial charge in [0, 0.05) is 42.6 Å². The first kappa shape index (κ1) is 16.9. The SMILES string of the molecule is CN(C)c1ccc([C@@H]2[C@H](C(=O)c3ccco3)[C@H]2c2ccc(Cl)cc2)cc1. The van der Waals surface area contributed by atoms with Crippen LogP contribution < -0.4 is 4.90 Å². The Morgan fingerprint density at radius 3 is 2.00 bits per heavy atom. The number of ketones is 1. The third kappa shape index (κ3) is 3.04. The van der Waals surface area contributed by atoms with Gasteiger partial charge in [-0.1, -0.05) is 35.9 Å². The highest BCUT2D eigenvalue weighted by Crippen LogP contribution is 2.61. The molecule has 0 N–H and O–H groups in total. The maximum Gasteiger partial charge on any atom is 0.202 e. The predicted octanol–water partition coefficient (Wildman–Crippen LogP) is 5.38. The van der Waals surface area contributed by atoms with Crippen LogP contribution in [0, 0.1) is 5.92 Å². The molecule has 3 aromatic rings. The van der Waals surface area contributed by atoms with Gasteiger partial charge in [-0.05, 0) is 47.5 Å². The number of hydrogen-bond acceptors (Lipinski definition) is 3. The number of carbonyl (C=O) groups excluding carboxylic acids is 1. The average Bonchev–Trinajstić information content (AvgIpc) is 3.13. The summed E-state index contributed by atoms with van der Waals surface area (Å²) in [6, 6.07) is 19.7. The molecule has 1 fully saturated rings. The van der Waals surface area contributed by atoms with Crippen molar-refractivity contribution in [3.05, 3.63) is 88.8 Å². The number of benzene rings is 2. The number of Topliss-reactive ketones (excluding diaryl/α,β-unsaturated/α-hetero) is 1. The molecule has 0 amide bonds. The van der Waals surface area contributed by atoms with Gasteiger partial charge in [-0.25, -0.2) is 0 Å². The highest BCUT2D eigenvalue weighted by Gasteiger charge is 2.56. The first-order valence-corrected chi connectivity index (χ1v) is 9.04. The van der Waals surface area contributed by atoms with E-state index in [1.807, 2.05) is 38.4 Å². The summed E-state index contributed by atoms with van der Waals surface area (Å²) in [5.41, 5.74) is 3.47. The normalized spacial score (nSPS) is 21.4. The molecule has 0 aliphatic heterocycles. The lowest BCUT2D eigenvalue weighted by molar-refractivity contribution is 0.0935. The molecule has 1 aliphatic carbocycles. The van der Waals surface area contributed by atoms with Gasteiger partial charge in [-0.15, -0.1) is 0 Å². The van der Waals surface area contributed by atoms with Crippen molar-refractivity contribution in [2.75, 3.05) is 19.0 Å². The smallest absolute Gasteiger partial charge is 0.202 e. The second kappa shape index (κ2) is 6.65. The molecule has 1 saturated carbocycles. The van der Waals surface area contributed by atoms with Crippen molar-refractivity contribution >= 4 is 23.1 Å². The van der Waals surface area contributed by atoms with Crippen molar-refractivity contribution in [1.29, 1.82) is 0 Å². The zero-order chi connectivity index (χ0) is 18.3. The Bertz CT molecular complexity index is 898. The van der Waals surface area contributed by atoms with Crippen molar-refractivity contribution in [1.82, 2.24) is 0 Å². The number of carbonyl (C=O) groups is 1. The third-order valence-electron chi connectivity index (χ3n) is 5.14. The second-order valence-electron chi connectivity index (χ2n) is 6.96. The number of nitrogens with zero attached hydrogens (tertiary/aromatic N) is 1. The van der Waals surface area contributed by atoms with Crippen LogP contribution in [0.25, 0.3) is 0 Å². The summed E-state index contributed by atoms with van der Waals surface area (Å²) in [7, 11) is 4.04. The monoisotopic (exact) mass is 365 g/mol. The molecule has 0 spiro atoms. The molecule has 0 bridgehead atoms. The van der Waals surface area contributed by atoms with Gasteiger partial charge in [0.1, 0.15) is 0 Å². The Hall–Kier alpha value is -2.52. The van der Waals surface area contributed by atoms with E-state index in [9.17, 15) is 4.79 Å². The Morgan fingerprint density at radius 1 is 0.923 bits per heavy atom. The summed E-state index contributed by atoms with van der Waals surface area (Å²) in [4.78, 5) is 15.0. The lowest BCUT2D eigenvalue weighted by Gasteiger charge is -2.12. The van der Waals surface area contributed by atoms with E-state index >= 15 is 0 Å². The van der Waals surface area contributed by atoms with E-state index in [0.717, 1.165) is 11.3 Å². The first-order valence-electron chi connectivity index (χ1n) is 8.67. The molecule has 1 aromatic heterocycles. The van der Waals surface area contributed by atoms with E-state index in [1.54, 1.807) is 18.4 Å². The van der Waals surface area contributed by atoms with Gasteiger partial charge in [0.25, 0.3) is 0 Å². The second-order valence-corrected chi connectivity index (χ2v) is 7.39. The maximum atomic E-state index is 12.9. The van der Waals surface area contributed by atoms with Crippen LogP contribution in [0.15, 0.2) is 71.3 Å². The van der Waals surface area contributed by atoms with Crippen molar-refractivity contribution in [2.45, 2.75) is 11.8 Å². The average molecular weight is 366 g/mol. The van der Waals surface area contributed by atoms with Crippen LogP contribution in [0.1, 0.15) is 33.5 Å². The molecule has 1 heterocycles. The fraction of sp³-hybridized carbons (Fsp3) is 0.227. The number of rotatable bonds is 5. The quantitative estimate of drug-likeness (QED) is 0.569. The predicted molar refractivity (Wildman–Crippen MR) is 104 cm³/mol. The zero-order valence-corrected chi connectivity index (χ0v) is 15.5. The highest BCUT2D eigenvalue weighted by molar-refractivity contribution is 6.30. The molecule has 0 radical (unpaired) electrons. The van der Waals surface area contributed by atoms with Crippen LogP contribution in [0.5, 0.6) is 0 Å². The van der Waals surface area contributed by atoms with Crippen molar-refractivity contribution in [3.8, 4) is 0 Å². The van der Waals surface area contributed by atoms with Crippen LogP contribution in [0.2, 0.25) is 5.02 Å². The Morgan fingerprint density at radius 2 is 1.50 bits per heavy atom. The van der Waals surface area contributed by atoms with Gasteiger partial charge < -0.3 is 9.32 Å². The summed E-state index contributed by atoms with van der Waals surface area (Å²) in [6.07, 6.45) is 1.55. The number of halogens is 1. The topological polar surface area (TPSA) is 33.5 Å². The molecular weight excluding hydrogens is 346 g/mol. The minimum Gasteiger partial charge on any atom is -0.461 e. The molecule has 4 rings (SSSR count). The Kier molecular flexibility index (Phi) is 4.33. The Balaban J connectivity index is 1.67. The van der Waals surface area contributed by atoms with Crippen molar-refractivity contribution < 1.29 is 9.21 Å². The van der Waals surface area contributed by atoms with Crippen LogP contribution in [-0.2, 0) is 0 Å². The lowest BCUT2D eigenvalue weighted by Crippen LogP contribution is -2.08. The minimum atomic E-state index is -0.104. The molecular formula is C22H20ClNO2. The number of hydrogen-bond donors (Lipinski definition) is 0. The van der Waals surface area contributed by atoms with Crippen LogP contribution in [-0.4, -0.2) is 19.9 Å². The van der Waals surface area contributed by atoms with Crippen molar-refractivity contribution in [3.63, 3.8) is 0 Å².